The average molecular weight is 215 g/mol. The van der Waals surface area contributed by atoms with Crippen molar-refractivity contribution in [3.8, 4) is 0 Å². The van der Waals surface area contributed by atoms with E-state index in [1.54, 1.807) is 0 Å². The number of hydrogen-bond acceptors (Lipinski definition) is 4. The van der Waals surface area contributed by atoms with Gasteiger partial charge in [-0.1, -0.05) is 12.2 Å². The molecule has 0 radical (unpaired) electrons. The molecule has 0 aliphatic heterocycles. The van der Waals surface area contributed by atoms with Gasteiger partial charge in [0, 0.05) is 6.42 Å². The molecule has 0 heterocycles. The Kier molecular flexibility index (Phi) is 5.04. The fourth-order valence-corrected chi connectivity index (χ4v) is 1.66. The van der Waals surface area contributed by atoms with Gasteiger partial charge in [-0.3, -0.25) is 4.79 Å². The lowest BCUT2D eigenvalue weighted by molar-refractivity contribution is -0.151. The van der Waals surface area contributed by atoms with Gasteiger partial charge in [0.25, 0.3) is 0 Å². The van der Waals surface area contributed by atoms with E-state index < -0.39 is 6.04 Å². The Balaban J connectivity index is 2.28. The molecule has 0 spiro atoms. The Hall–Kier alpha value is -0.480. The van der Waals surface area contributed by atoms with Crippen LogP contribution in [0.2, 0.25) is 0 Å². The normalized spacial score (nSPS) is 23.1. The summed E-state index contributed by atoms with van der Waals surface area (Å²) in [7, 11) is 0. The summed E-state index contributed by atoms with van der Waals surface area (Å²) in [4.78, 5) is 11.4. The monoisotopic (exact) mass is 215 g/mol. The van der Waals surface area contributed by atoms with Crippen LogP contribution in [-0.4, -0.2) is 23.9 Å². The lowest BCUT2D eigenvalue weighted by Crippen LogP contribution is -2.35. The van der Waals surface area contributed by atoms with E-state index >= 15 is 0 Å². The van der Waals surface area contributed by atoms with Crippen molar-refractivity contribution in [1.82, 2.24) is 0 Å². The molecule has 80 valence electrons. The van der Waals surface area contributed by atoms with E-state index in [1.165, 1.54) is 0 Å². The van der Waals surface area contributed by atoms with Crippen LogP contribution in [0.1, 0.15) is 25.7 Å². The molecule has 0 aromatic heterocycles. The first-order valence-corrected chi connectivity index (χ1v) is 5.59. The summed E-state index contributed by atoms with van der Waals surface area (Å²) in [5.41, 5.74) is 5.60. The Morgan fingerprint density at radius 1 is 1.64 bits per heavy atom. The van der Waals surface area contributed by atoms with Crippen molar-refractivity contribution in [2.75, 3.05) is 5.75 Å². The summed E-state index contributed by atoms with van der Waals surface area (Å²) in [6.07, 6.45) is 7.47. The van der Waals surface area contributed by atoms with Crippen LogP contribution in [0.3, 0.4) is 0 Å². The second-order valence-corrected chi connectivity index (χ2v) is 3.91. The molecule has 1 aliphatic carbocycles. The van der Waals surface area contributed by atoms with Crippen LogP contribution in [0, 0.1) is 0 Å². The van der Waals surface area contributed by atoms with Crippen LogP contribution in [0.5, 0.6) is 0 Å². The number of nitrogens with two attached hydrogens (primary N) is 1. The van der Waals surface area contributed by atoms with Gasteiger partial charge in [-0.15, -0.1) is 0 Å². The molecule has 0 aromatic carbocycles. The van der Waals surface area contributed by atoms with E-state index in [1.807, 2.05) is 6.08 Å². The lowest BCUT2D eigenvalue weighted by atomic mass is 10.0. The molecule has 0 saturated carbocycles. The van der Waals surface area contributed by atoms with Crippen molar-refractivity contribution in [1.29, 1.82) is 0 Å². The predicted octanol–water partition coefficient (Wildman–Crippen LogP) is 1.29. The smallest absolute Gasteiger partial charge is 0.323 e. The molecule has 1 aliphatic rings. The first-order chi connectivity index (χ1) is 6.74. The SMILES string of the molecule is N[C@@H](CCS)C(=O)OC1CC=CCC1. The third-order valence-corrected chi connectivity index (χ3v) is 2.50. The Labute approximate surface area is 90.1 Å². The Morgan fingerprint density at radius 2 is 2.43 bits per heavy atom. The van der Waals surface area contributed by atoms with Crippen LogP contribution in [-0.2, 0) is 9.53 Å². The van der Waals surface area contributed by atoms with Gasteiger partial charge >= 0.3 is 5.97 Å². The highest BCUT2D eigenvalue weighted by atomic mass is 32.1. The number of allylic oxidation sites excluding steroid dienone is 1. The molecule has 4 heteroatoms. The van der Waals surface area contributed by atoms with Crippen molar-refractivity contribution < 1.29 is 9.53 Å². The molecule has 0 fully saturated rings. The zero-order valence-corrected chi connectivity index (χ0v) is 9.08. The van der Waals surface area contributed by atoms with Crippen LogP contribution in [0.15, 0.2) is 12.2 Å². The Morgan fingerprint density at radius 3 is 3.00 bits per heavy atom. The van der Waals surface area contributed by atoms with Crippen LogP contribution in [0.25, 0.3) is 0 Å². The third-order valence-electron chi connectivity index (χ3n) is 2.25. The molecule has 3 nitrogen and oxygen atoms in total. The topological polar surface area (TPSA) is 52.3 Å². The molecular formula is C10H17NO2S. The molecule has 0 aromatic rings. The summed E-state index contributed by atoms with van der Waals surface area (Å²) >= 11 is 4.02. The van der Waals surface area contributed by atoms with Gasteiger partial charge in [-0.25, -0.2) is 0 Å². The van der Waals surface area contributed by atoms with E-state index in [4.69, 9.17) is 10.5 Å². The summed E-state index contributed by atoms with van der Waals surface area (Å²) in [5, 5.41) is 0. The second kappa shape index (κ2) is 6.09. The number of esters is 1. The number of ether oxygens (including phenoxy) is 1. The third kappa shape index (κ3) is 3.72. The largest absolute Gasteiger partial charge is 0.461 e. The maximum absolute atomic E-state index is 11.4. The number of carbonyl (C=O) groups is 1. The highest BCUT2D eigenvalue weighted by Gasteiger charge is 2.19. The van der Waals surface area contributed by atoms with E-state index in [0.29, 0.717) is 12.2 Å². The molecule has 1 unspecified atom stereocenters. The van der Waals surface area contributed by atoms with Crippen LogP contribution >= 0.6 is 12.6 Å². The fraction of sp³-hybridized carbons (Fsp3) is 0.700. The van der Waals surface area contributed by atoms with Gasteiger partial charge in [-0.2, -0.15) is 12.6 Å². The minimum absolute atomic E-state index is 0.0264. The van der Waals surface area contributed by atoms with E-state index in [-0.39, 0.29) is 12.1 Å². The number of carbonyl (C=O) groups excluding carboxylic acids is 1. The highest BCUT2D eigenvalue weighted by molar-refractivity contribution is 7.80. The van der Waals surface area contributed by atoms with E-state index in [9.17, 15) is 4.79 Å². The minimum Gasteiger partial charge on any atom is -0.461 e. The molecule has 0 bridgehead atoms. The van der Waals surface area contributed by atoms with Gasteiger partial charge < -0.3 is 10.5 Å². The van der Waals surface area contributed by atoms with Gasteiger partial charge in [0.15, 0.2) is 0 Å². The zero-order valence-electron chi connectivity index (χ0n) is 8.19. The first-order valence-electron chi connectivity index (χ1n) is 4.96. The van der Waals surface area contributed by atoms with E-state index in [0.717, 1.165) is 19.3 Å². The number of rotatable bonds is 4. The van der Waals surface area contributed by atoms with Crippen molar-refractivity contribution in [2.24, 2.45) is 5.73 Å². The highest BCUT2D eigenvalue weighted by Crippen LogP contribution is 2.15. The minimum atomic E-state index is -0.515. The van der Waals surface area contributed by atoms with Gasteiger partial charge in [-0.05, 0) is 25.0 Å². The van der Waals surface area contributed by atoms with Gasteiger partial charge in [0.2, 0.25) is 0 Å². The van der Waals surface area contributed by atoms with Crippen LogP contribution < -0.4 is 5.73 Å². The fourth-order valence-electron chi connectivity index (χ4n) is 1.38. The number of thiol groups is 1. The van der Waals surface area contributed by atoms with E-state index in [2.05, 4.69) is 18.7 Å². The molecule has 0 saturated heterocycles. The van der Waals surface area contributed by atoms with Crippen molar-refractivity contribution in [3.05, 3.63) is 12.2 Å². The standard InChI is InChI=1S/C10H17NO2S/c11-9(6-7-14)10(12)13-8-4-2-1-3-5-8/h1-2,8-9,14H,3-7,11H2/t8?,9-/m0/s1. The van der Waals surface area contributed by atoms with Gasteiger partial charge in [0.1, 0.15) is 12.1 Å². The second-order valence-electron chi connectivity index (χ2n) is 3.46. The van der Waals surface area contributed by atoms with Crippen molar-refractivity contribution in [2.45, 2.75) is 37.8 Å². The predicted molar refractivity (Wildman–Crippen MR) is 59.3 cm³/mol. The molecule has 2 N–H and O–H groups in total. The summed E-state index contributed by atoms with van der Waals surface area (Å²) in [6.45, 7) is 0. The molecule has 1 rings (SSSR count). The Bertz CT molecular complexity index is 218. The van der Waals surface area contributed by atoms with Crippen molar-refractivity contribution >= 4 is 18.6 Å². The molecule has 14 heavy (non-hydrogen) atoms. The summed E-state index contributed by atoms with van der Waals surface area (Å²) in [6, 6.07) is -0.515. The number of hydrogen-bond donors (Lipinski definition) is 2. The zero-order chi connectivity index (χ0) is 10.4. The molecule has 0 amide bonds. The first kappa shape index (κ1) is 11.6. The van der Waals surface area contributed by atoms with Crippen molar-refractivity contribution in [3.63, 3.8) is 0 Å². The average Bonchev–Trinajstić information content (AvgIpc) is 2.19. The molecular weight excluding hydrogens is 198 g/mol. The van der Waals surface area contributed by atoms with Gasteiger partial charge in [0.05, 0.1) is 0 Å². The quantitative estimate of drug-likeness (QED) is 0.422. The summed E-state index contributed by atoms with van der Waals surface area (Å²) < 4.78 is 5.26. The lowest BCUT2D eigenvalue weighted by Gasteiger charge is -2.20. The maximum Gasteiger partial charge on any atom is 0.323 e. The van der Waals surface area contributed by atoms with Crippen LogP contribution in [0.4, 0.5) is 0 Å². The summed E-state index contributed by atoms with van der Waals surface area (Å²) in [5.74, 6) is 0.320. The maximum atomic E-state index is 11.4. The molecule has 2 atom stereocenters.